The minimum absolute atomic E-state index is 0.176. The number of fused-ring (bicyclic) bond motifs is 1. The van der Waals surface area contributed by atoms with Gasteiger partial charge in [0.2, 0.25) is 5.91 Å². The summed E-state index contributed by atoms with van der Waals surface area (Å²) in [5.74, 6) is -0.421. The predicted molar refractivity (Wildman–Crippen MR) is 97.1 cm³/mol. The zero-order chi connectivity index (χ0) is 16.9. The van der Waals surface area contributed by atoms with Crippen LogP contribution >= 0.6 is 23.1 Å². The van der Waals surface area contributed by atoms with Gasteiger partial charge < -0.3 is 0 Å². The van der Waals surface area contributed by atoms with E-state index < -0.39 is 0 Å². The van der Waals surface area contributed by atoms with E-state index in [0.717, 1.165) is 21.5 Å². The van der Waals surface area contributed by atoms with Crippen LogP contribution in [0.25, 0.3) is 10.9 Å². The molecule has 0 aliphatic heterocycles. The fourth-order valence-electron chi connectivity index (χ4n) is 2.16. The van der Waals surface area contributed by atoms with Gasteiger partial charge in [-0.15, -0.1) is 11.3 Å². The van der Waals surface area contributed by atoms with Crippen molar-refractivity contribution in [2.45, 2.75) is 11.9 Å². The number of hydrogen-bond donors (Lipinski definition) is 2. The van der Waals surface area contributed by atoms with Gasteiger partial charge in [-0.25, -0.2) is 4.98 Å². The molecule has 0 bridgehead atoms. The van der Waals surface area contributed by atoms with Crippen LogP contribution in [0.5, 0.6) is 0 Å². The number of amides is 2. The van der Waals surface area contributed by atoms with Gasteiger partial charge in [-0.2, -0.15) is 0 Å². The lowest BCUT2D eigenvalue weighted by atomic mass is 10.1. The first kappa shape index (κ1) is 16.5. The summed E-state index contributed by atoms with van der Waals surface area (Å²) in [6.07, 6.45) is 0. The Hall–Kier alpha value is -2.38. The number of aromatic nitrogens is 1. The fourth-order valence-corrected chi connectivity index (χ4v) is 3.56. The van der Waals surface area contributed by atoms with Crippen molar-refractivity contribution in [1.29, 1.82) is 0 Å². The molecule has 24 heavy (non-hydrogen) atoms. The van der Waals surface area contributed by atoms with Crippen LogP contribution in [0.2, 0.25) is 0 Å². The number of carbonyl (C=O) groups is 2. The van der Waals surface area contributed by atoms with E-state index in [1.807, 2.05) is 37.3 Å². The Morgan fingerprint density at radius 1 is 1.17 bits per heavy atom. The van der Waals surface area contributed by atoms with E-state index in [1.54, 1.807) is 17.5 Å². The molecule has 0 atom stereocenters. The van der Waals surface area contributed by atoms with E-state index in [0.29, 0.717) is 4.88 Å². The quantitative estimate of drug-likeness (QED) is 0.556. The number of thioether (sulfide) groups is 1. The van der Waals surface area contributed by atoms with Crippen molar-refractivity contribution in [3.63, 3.8) is 0 Å². The molecule has 2 amide bonds. The molecule has 0 unspecified atom stereocenters. The molecule has 3 rings (SSSR count). The van der Waals surface area contributed by atoms with Crippen molar-refractivity contribution in [3.05, 3.63) is 58.3 Å². The zero-order valence-corrected chi connectivity index (χ0v) is 14.5. The number of rotatable bonds is 4. The Bertz CT molecular complexity index is 879. The molecule has 0 aliphatic carbocycles. The van der Waals surface area contributed by atoms with Crippen LogP contribution in [-0.4, -0.2) is 22.6 Å². The summed E-state index contributed by atoms with van der Waals surface area (Å²) in [4.78, 5) is 28.7. The molecule has 0 fully saturated rings. The first-order chi connectivity index (χ1) is 11.6. The molecule has 122 valence electrons. The zero-order valence-electron chi connectivity index (χ0n) is 12.9. The maximum absolute atomic E-state index is 11.9. The van der Waals surface area contributed by atoms with Gasteiger partial charge >= 0.3 is 0 Å². The summed E-state index contributed by atoms with van der Waals surface area (Å²) >= 11 is 2.65. The highest BCUT2D eigenvalue weighted by atomic mass is 32.2. The van der Waals surface area contributed by atoms with Gasteiger partial charge in [-0.3, -0.25) is 20.4 Å². The van der Waals surface area contributed by atoms with Gasteiger partial charge in [-0.1, -0.05) is 36.0 Å². The lowest BCUT2D eigenvalue weighted by molar-refractivity contribution is -0.119. The number of benzene rings is 1. The van der Waals surface area contributed by atoms with E-state index in [2.05, 4.69) is 15.8 Å². The summed E-state index contributed by atoms with van der Waals surface area (Å²) in [6.45, 7) is 2.02. The average Bonchev–Trinajstić information content (AvgIpc) is 3.12. The minimum atomic E-state index is -0.317. The molecule has 0 radical (unpaired) electrons. The standard InChI is InChI=1S/C17H15N3O2S2/c1-11-9-16(18-13-6-3-2-5-12(11)13)24-10-15(21)19-20-17(22)14-7-4-8-23-14/h2-9H,10H2,1H3,(H,19,21)(H,20,22). The van der Waals surface area contributed by atoms with Crippen LogP contribution in [0.1, 0.15) is 15.2 Å². The summed E-state index contributed by atoms with van der Waals surface area (Å²) in [5, 5.41) is 3.70. The highest BCUT2D eigenvalue weighted by Crippen LogP contribution is 2.23. The van der Waals surface area contributed by atoms with Crippen molar-refractivity contribution in [1.82, 2.24) is 15.8 Å². The molecule has 5 nitrogen and oxygen atoms in total. The molecule has 2 heterocycles. The lowest BCUT2D eigenvalue weighted by Crippen LogP contribution is -2.42. The number of hydrogen-bond acceptors (Lipinski definition) is 5. The molecule has 2 N–H and O–H groups in total. The Labute approximate surface area is 147 Å². The van der Waals surface area contributed by atoms with Gasteiger partial charge in [0, 0.05) is 5.39 Å². The van der Waals surface area contributed by atoms with E-state index >= 15 is 0 Å². The number of nitrogens with zero attached hydrogens (tertiary/aromatic N) is 1. The first-order valence-corrected chi connectivity index (χ1v) is 9.12. The smallest absolute Gasteiger partial charge is 0.272 e. The lowest BCUT2D eigenvalue weighted by Gasteiger charge is -2.07. The maximum Gasteiger partial charge on any atom is 0.279 e. The summed E-state index contributed by atoms with van der Waals surface area (Å²) in [7, 11) is 0. The van der Waals surface area contributed by atoms with Crippen molar-refractivity contribution in [3.8, 4) is 0 Å². The van der Waals surface area contributed by atoms with E-state index in [9.17, 15) is 9.59 Å². The summed E-state index contributed by atoms with van der Waals surface area (Å²) < 4.78 is 0. The molecular weight excluding hydrogens is 342 g/mol. The maximum atomic E-state index is 11.9. The van der Waals surface area contributed by atoms with Crippen molar-refractivity contribution in [2.24, 2.45) is 0 Å². The van der Waals surface area contributed by atoms with Crippen molar-refractivity contribution < 1.29 is 9.59 Å². The van der Waals surface area contributed by atoms with Crippen LogP contribution in [-0.2, 0) is 4.79 Å². The molecule has 1 aromatic carbocycles. The number of thiophene rings is 1. The third kappa shape index (κ3) is 3.93. The number of pyridine rings is 1. The van der Waals surface area contributed by atoms with Gasteiger partial charge in [0.1, 0.15) is 0 Å². The monoisotopic (exact) mass is 357 g/mol. The van der Waals surface area contributed by atoms with E-state index in [-0.39, 0.29) is 17.6 Å². The molecule has 0 saturated heterocycles. The predicted octanol–water partition coefficient (Wildman–Crippen LogP) is 3.16. The molecule has 7 heteroatoms. The van der Waals surface area contributed by atoms with Crippen LogP contribution in [0.3, 0.4) is 0 Å². The number of hydrazine groups is 1. The van der Waals surface area contributed by atoms with E-state index in [4.69, 9.17) is 0 Å². The number of aryl methyl sites for hydroxylation is 1. The van der Waals surface area contributed by atoms with E-state index in [1.165, 1.54) is 23.1 Å². The average molecular weight is 357 g/mol. The third-order valence-electron chi connectivity index (χ3n) is 3.31. The van der Waals surface area contributed by atoms with Crippen LogP contribution in [0, 0.1) is 6.92 Å². The third-order valence-corrected chi connectivity index (χ3v) is 5.09. The fraction of sp³-hybridized carbons (Fsp3) is 0.118. The van der Waals surface area contributed by atoms with Gasteiger partial charge in [0.05, 0.1) is 21.2 Å². The highest BCUT2D eigenvalue weighted by Gasteiger charge is 2.09. The highest BCUT2D eigenvalue weighted by molar-refractivity contribution is 7.99. The SMILES string of the molecule is Cc1cc(SCC(=O)NNC(=O)c2cccs2)nc2ccccc12. The summed E-state index contributed by atoms with van der Waals surface area (Å²) in [6, 6.07) is 13.3. The second-order valence-corrected chi connectivity index (χ2v) is 7.01. The Balaban J connectivity index is 1.55. The molecule has 0 saturated carbocycles. The van der Waals surface area contributed by atoms with Gasteiger partial charge in [0.25, 0.3) is 5.91 Å². The van der Waals surface area contributed by atoms with Crippen LogP contribution < -0.4 is 10.9 Å². The number of nitrogens with one attached hydrogen (secondary N) is 2. The number of carbonyl (C=O) groups excluding carboxylic acids is 2. The van der Waals surface area contributed by atoms with Gasteiger partial charge in [-0.05, 0) is 36.1 Å². The second-order valence-electron chi connectivity index (χ2n) is 5.06. The van der Waals surface area contributed by atoms with Crippen LogP contribution in [0.4, 0.5) is 0 Å². The molecule has 2 aromatic heterocycles. The Morgan fingerprint density at radius 2 is 2.00 bits per heavy atom. The minimum Gasteiger partial charge on any atom is -0.272 e. The largest absolute Gasteiger partial charge is 0.279 e. The molecule has 0 spiro atoms. The second kappa shape index (κ2) is 7.46. The molecule has 0 aliphatic rings. The summed E-state index contributed by atoms with van der Waals surface area (Å²) in [5.41, 5.74) is 6.84. The van der Waals surface area contributed by atoms with Gasteiger partial charge in [0.15, 0.2) is 0 Å². The molecule has 3 aromatic rings. The Morgan fingerprint density at radius 3 is 2.79 bits per heavy atom. The normalized spacial score (nSPS) is 10.5. The Kier molecular flexibility index (Phi) is 5.12. The number of para-hydroxylation sites is 1. The van der Waals surface area contributed by atoms with Crippen molar-refractivity contribution in [2.75, 3.05) is 5.75 Å². The first-order valence-electron chi connectivity index (χ1n) is 7.25. The topological polar surface area (TPSA) is 71.1 Å². The molecular formula is C17H15N3O2S2. The van der Waals surface area contributed by atoms with Crippen molar-refractivity contribution >= 4 is 45.8 Å². The van der Waals surface area contributed by atoms with Crippen LogP contribution in [0.15, 0.2) is 52.9 Å².